The molecule has 0 aliphatic heterocycles. The molecule has 3 heterocycles. The van der Waals surface area contributed by atoms with E-state index in [4.69, 9.17) is 0 Å². The third-order valence-corrected chi connectivity index (χ3v) is 4.36. The molecule has 4 aromatic rings. The molecule has 4 rings (SSSR count). The molecule has 0 spiro atoms. The molecule has 3 aromatic heterocycles. The van der Waals surface area contributed by atoms with Crippen molar-refractivity contribution >= 4 is 28.7 Å². The first-order valence-corrected chi connectivity index (χ1v) is 8.38. The van der Waals surface area contributed by atoms with Gasteiger partial charge in [0.25, 0.3) is 5.91 Å². The number of aryl methyl sites for hydroxylation is 1. The van der Waals surface area contributed by atoms with E-state index in [1.54, 1.807) is 29.1 Å². The Morgan fingerprint density at radius 3 is 2.88 bits per heavy atom. The second kappa shape index (κ2) is 6.40. The van der Waals surface area contributed by atoms with Gasteiger partial charge in [-0.05, 0) is 36.4 Å². The van der Waals surface area contributed by atoms with Crippen LogP contribution in [-0.2, 0) is 13.6 Å². The lowest BCUT2D eigenvalue weighted by Gasteiger charge is -2.02. The second-order valence-corrected chi connectivity index (χ2v) is 6.04. The van der Waals surface area contributed by atoms with E-state index < -0.39 is 0 Å². The van der Waals surface area contributed by atoms with Crippen molar-refractivity contribution < 1.29 is 4.79 Å². The molecular weight excluding hydrogens is 336 g/mol. The predicted molar refractivity (Wildman–Crippen MR) is 95.0 cm³/mol. The number of rotatable bonds is 4. The van der Waals surface area contributed by atoms with Gasteiger partial charge in [0.2, 0.25) is 0 Å². The SMILES string of the molecule is Cn1nc(CNC(=O)c2ccc3nsnc3c2)cc1-c1ccccn1. The largest absolute Gasteiger partial charge is 0.346 e. The van der Waals surface area contributed by atoms with Crippen molar-refractivity contribution in [1.82, 2.24) is 28.8 Å². The minimum atomic E-state index is -0.167. The highest BCUT2D eigenvalue weighted by molar-refractivity contribution is 7.00. The van der Waals surface area contributed by atoms with Crippen LogP contribution in [0.2, 0.25) is 0 Å². The highest BCUT2D eigenvalue weighted by Crippen LogP contribution is 2.17. The molecule has 0 aliphatic rings. The molecule has 1 N–H and O–H groups in total. The van der Waals surface area contributed by atoms with Crippen LogP contribution in [0.25, 0.3) is 22.4 Å². The molecule has 0 atom stereocenters. The molecular formula is C17H14N6OS. The minimum absolute atomic E-state index is 0.167. The first-order chi connectivity index (χ1) is 12.2. The Balaban J connectivity index is 1.48. The fraction of sp³-hybridized carbons (Fsp3) is 0.118. The number of nitrogens with zero attached hydrogens (tertiary/aromatic N) is 5. The van der Waals surface area contributed by atoms with Crippen molar-refractivity contribution in [2.75, 3.05) is 0 Å². The quantitative estimate of drug-likeness (QED) is 0.611. The lowest BCUT2D eigenvalue weighted by atomic mass is 10.2. The monoisotopic (exact) mass is 350 g/mol. The van der Waals surface area contributed by atoms with Gasteiger partial charge < -0.3 is 5.32 Å². The second-order valence-electron chi connectivity index (χ2n) is 5.51. The van der Waals surface area contributed by atoms with Gasteiger partial charge in [0, 0.05) is 18.8 Å². The van der Waals surface area contributed by atoms with Crippen LogP contribution >= 0.6 is 11.7 Å². The molecule has 25 heavy (non-hydrogen) atoms. The number of hydrogen-bond donors (Lipinski definition) is 1. The summed E-state index contributed by atoms with van der Waals surface area (Å²) in [5, 5.41) is 7.32. The van der Waals surface area contributed by atoms with Crippen molar-refractivity contribution in [2.24, 2.45) is 7.05 Å². The van der Waals surface area contributed by atoms with Crippen molar-refractivity contribution in [1.29, 1.82) is 0 Å². The van der Waals surface area contributed by atoms with Crippen LogP contribution in [0.15, 0.2) is 48.7 Å². The van der Waals surface area contributed by atoms with Crippen LogP contribution in [-0.4, -0.2) is 29.4 Å². The summed E-state index contributed by atoms with van der Waals surface area (Å²) in [6.07, 6.45) is 1.74. The van der Waals surface area contributed by atoms with E-state index >= 15 is 0 Å². The van der Waals surface area contributed by atoms with E-state index in [1.807, 2.05) is 31.3 Å². The molecule has 0 aliphatic carbocycles. The maximum atomic E-state index is 12.3. The maximum Gasteiger partial charge on any atom is 0.251 e. The predicted octanol–water partition coefficient (Wildman–Crippen LogP) is 2.42. The van der Waals surface area contributed by atoms with Crippen molar-refractivity contribution in [3.05, 3.63) is 59.9 Å². The van der Waals surface area contributed by atoms with Crippen LogP contribution in [0.5, 0.6) is 0 Å². The summed E-state index contributed by atoms with van der Waals surface area (Å²) in [6, 6.07) is 12.9. The van der Waals surface area contributed by atoms with Gasteiger partial charge in [-0.1, -0.05) is 6.07 Å². The van der Waals surface area contributed by atoms with E-state index in [2.05, 4.69) is 24.1 Å². The number of amides is 1. The smallest absolute Gasteiger partial charge is 0.251 e. The van der Waals surface area contributed by atoms with Gasteiger partial charge in [-0.3, -0.25) is 14.5 Å². The summed E-state index contributed by atoms with van der Waals surface area (Å²) in [7, 11) is 1.86. The number of hydrogen-bond acceptors (Lipinski definition) is 6. The Labute approximate surface area is 147 Å². The Kier molecular flexibility index (Phi) is 3.95. The Morgan fingerprint density at radius 2 is 2.04 bits per heavy atom. The maximum absolute atomic E-state index is 12.3. The van der Waals surface area contributed by atoms with E-state index in [1.165, 1.54) is 0 Å². The van der Waals surface area contributed by atoms with E-state index in [-0.39, 0.29) is 5.91 Å². The third-order valence-electron chi connectivity index (χ3n) is 3.80. The van der Waals surface area contributed by atoms with Gasteiger partial charge in [-0.25, -0.2) is 0 Å². The molecule has 0 saturated heterocycles. The van der Waals surface area contributed by atoms with Crippen LogP contribution in [0, 0.1) is 0 Å². The summed E-state index contributed by atoms with van der Waals surface area (Å²) in [6.45, 7) is 0.340. The zero-order valence-corrected chi connectivity index (χ0v) is 14.2. The summed E-state index contributed by atoms with van der Waals surface area (Å²) in [4.78, 5) is 16.7. The highest BCUT2D eigenvalue weighted by atomic mass is 32.1. The van der Waals surface area contributed by atoms with Crippen molar-refractivity contribution in [2.45, 2.75) is 6.54 Å². The topological polar surface area (TPSA) is 85.6 Å². The molecule has 0 unspecified atom stereocenters. The number of nitrogens with one attached hydrogen (secondary N) is 1. The molecule has 1 amide bonds. The number of carbonyl (C=O) groups excluding carboxylic acids is 1. The summed E-state index contributed by atoms with van der Waals surface area (Å²) < 4.78 is 10.1. The van der Waals surface area contributed by atoms with Gasteiger partial charge >= 0.3 is 0 Å². The van der Waals surface area contributed by atoms with Crippen LogP contribution in [0.4, 0.5) is 0 Å². The first kappa shape index (κ1) is 15.4. The number of fused-ring (bicyclic) bond motifs is 1. The molecule has 0 radical (unpaired) electrons. The fourth-order valence-corrected chi connectivity index (χ4v) is 3.08. The van der Waals surface area contributed by atoms with Gasteiger partial charge in [-0.15, -0.1) is 0 Å². The Bertz CT molecular complexity index is 1040. The summed E-state index contributed by atoms with van der Waals surface area (Å²) >= 11 is 1.14. The molecule has 7 nitrogen and oxygen atoms in total. The number of benzene rings is 1. The van der Waals surface area contributed by atoms with Crippen LogP contribution in [0.3, 0.4) is 0 Å². The van der Waals surface area contributed by atoms with Gasteiger partial charge in [-0.2, -0.15) is 13.8 Å². The number of pyridine rings is 1. The fourth-order valence-electron chi connectivity index (χ4n) is 2.56. The molecule has 0 saturated carbocycles. The zero-order chi connectivity index (χ0) is 17.2. The van der Waals surface area contributed by atoms with E-state index in [9.17, 15) is 4.79 Å². The van der Waals surface area contributed by atoms with Gasteiger partial charge in [0.05, 0.1) is 35.4 Å². The summed E-state index contributed by atoms with van der Waals surface area (Å²) in [5.74, 6) is -0.167. The average Bonchev–Trinajstić information content (AvgIpc) is 3.26. The van der Waals surface area contributed by atoms with E-state index in [0.29, 0.717) is 12.1 Å². The Morgan fingerprint density at radius 1 is 1.16 bits per heavy atom. The first-order valence-electron chi connectivity index (χ1n) is 7.65. The zero-order valence-electron chi connectivity index (χ0n) is 13.4. The van der Waals surface area contributed by atoms with Crippen LogP contribution in [0.1, 0.15) is 16.1 Å². The van der Waals surface area contributed by atoms with Crippen LogP contribution < -0.4 is 5.32 Å². The number of carbonyl (C=O) groups is 1. The van der Waals surface area contributed by atoms with Crippen molar-refractivity contribution in [3.63, 3.8) is 0 Å². The molecule has 0 fully saturated rings. The molecule has 124 valence electrons. The lowest BCUT2D eigenvalue weighted by Crippen LogP contribution is -2.23. The Hall–Kier alpha value is -3.13. The molecule has 1 aromatic carbocycles. The minimum Gasteiger partial charge on any atom is -0.346 e. The summed E-state index contributed by atoms with van der Waals surface area (Å²) in [5.41, 5.74) is 4.60. The normalized spacial score (nSPS) is 10.9. The standard InChI is InChI=1S/C17H14N6OS/c1-23-16(14-4-2-3-7-18-14)9-12(20-23)10-19-17(24)11-5-6-13-15(8-11)22-25-21-13/h2-9H,10H2,1H3,(H,19,24). The van der Waals surface area contributed by atoms with Gasteiger partial charge in [0.15, 0.2) is 0 Å². The van der Waals surface area contributed by atoms with E-state index in [0.717, 1.165) is 39.8 Å². The lowest BCUT2D eigenvalue weighted by molar-refractivity contribution is 0.0950. The molecule has 8 heteroatoms. The van der Waals surface area contributed by atoms with Gasteiger partial charge in [0.1, 0.15) is 11.0 Å². The third kappa shape index (κ3) is 3.11. The molecule has 0 bridgehead atoms. The number of aromatic nitrogens is 5. The van der Waals surface area contributed by atoms with Crippen molar-refractivity contribution in [3.8, 4) is 11.4 Å². The average molecular weight is 350 g/mol. The highest BCUT2D eigenvalue weighted by Gasteiger charge is 2.11.